The van der Waals surface area contributed by atoms with Gasteiger partial charge in [-0.3, -0.25) is 0 Å². The van der Waals surface area contributed by atoms with Crippen LogP contribution >= 0.6 is 0 Å². The summed E-state index contributed by atoms with van der Waals surface area (Å²) in [4.78, 5) is 0. The maximum Gasteiger partial charge on any atom is 0.248 e. The molecule has 1 aromatic carbocycles. The maximum atomic E-state index is 13.6. The minimum atomic E-state index is -2.71. The first-order valence-electron chi connectivity index (χ1n) is 6.08. The lowest BCUT2D eigenvalue weighted by Gasteiger charge is -2.32. The third-order valence-electron chi connectivity index (χ3n) is 3.69. The Balaban J connectivity index is 2.17. The van der Waals surface area contributed by atoms with Crippen molar-refractivity contribution < 1.29 is 22.0 Å². The molecule has 6 heteroatoms. The van der Waals surface area contributed by atoms with Crippen LogP contribution in [0.15, 0.2) is 12.1 Å². The van der Waals surface area contributed by atoms with Crippen molar-refractivity contribution in [2.75, 3.05) is 0 Å². The fourth-order valence-corrected chi connectivity index (χ4v) is 2.47. The van der Waals surface area contributed by atoms with Crippen molar-refractivity contribution in [3.8, 4) is 0 Å². The first kappa shape index (κ1) is 14.2. The van der Waals surface area contributed by atoms with Crippen molar-refractivity contribution in [2.45, 2.75) is 37.6 Å². The third kappa shape index (κ3) is 2.88. The van der Waals surface area contributed by atoms with E-state index in [4.69, 9.17) is 5.73 Å². The molecule has 19 heavy (non-hydrogen) atoms. The summed E-state index contributed by atoms with van der Waals surface area (Å²) in [5.41, 5.74) is 5.65. The van der Waals surface area contributed by atoms with Gasteiger partial charge in [0.2, 0.25) is 5.92 Å². The van der Waals surface area contributed by atoms with E-state index in [0.717, 1.165) is 12.1 Å². The molecule has 0 bridgehead atoms. The second-order valence-electron chi connectivity index (χ2n) is 4.98. The smallest absolute Gasteiger partial charge is 0.248 e. The monoisotopic (exact) mass is 279 g/mol. The number of halogens is 5. The molecule has 2 N–H and O–H groups in total. The second kappa shape index (κ2) is 5.07. The molecule has 1 aromatic rings. The molecule has 1 saturated carbocycles. The highest BCUT2D eigenvalue weighted by molar-refractivity contribution is 5.24. The van der Waals surface area contributed by atoms with E-state index in [1.807, 2.05) is 0 Å². The molecule has 1 aliphatic carbocycles. The van der Waals surface area contributed by atoms with Crippen LogP contribution in [0, 0.1) is 23.4 Å². The van der Waals surface area contributed by atoms with E-state index in [-0.39, 0.29) is 37.2 Å². The fourth-order valence-electron chi connectivity index (χ4n) is 2.47. The van der Waals surface area contributed by atoms with Gasteiger partial charge < -0.3 is 5.73 Å². The number of benzene rings is 1. The Morgan fingerprint density at radius 1 is 1.05 bits per heavy atom. The zero-order chi connectivity index (χ0) is 14.2. The van der Waals surface area contributed by atoms with Crippen molar-refractivity contribution in [1.29, 1.82) is 0 Å². The summed E-state index contributed by atoms with van der Waals surface area (Å²) < 4.78 is 65.5. The Labute approximate surface area is 107 Å². The van der Waals surface area contributed by atoms with Crippen molar-refractivity contribution in [1.82, 2.24) is 0 Å². The van der Waals surface area contributed by atoms with Gasteiger partial charge in [-0.05, 0) is 24.8 Å². The SMILES string of the molecule is NC(c1ccc(F)c(F)c1F)C1CCC(F)(F)CC1. The topological polar surface area (TPSA) is 26.0 Å². The summed E-state index contributed by atoms with van der Waals surface area (Å²) in [7, 11) is 0. The quantitative estimate of drug-likeness (QED) is 0.644. The Morgan fingerprint density at radius 3 is 2.21 bits per heavy atom. The van der Waals surface area contributed by atoms with E-state index in [9.17, 15) is 22.0 Å². The van der Waals surface area contributed by atoms with Crippen LogP contribution in [0.1, 0.15) is 37.3 Å². The van der Waals surface area contributed by atoms with Crippen LogP contribution in [0.2, 0.25) is 0 Å². The van der Waals surface area contributed by atoms with Gasteiger partial charge in [-0.25, -0.2) is 22.0 Å². The molecule has 0 aliphatic heterocycles. The first-order chi connectivity index (χ1) is 8.82. The molecular weight excluding hydrogens is 265 g/mol. The molecule has 1 unspecified atom stereocenters. The molecule has 1 atom stereocenters. The summed E-state index contributed by atoms with van der Waals surface area (Å²) in [5, 5.41) is 0. The molecule has 0 radical (unpaired) electrons. The van der Waals surface area contributed by atoms with Crippen molar-refractivity contribution in [3.05, 3.63) is 35.1 Å². The first-order valence-corrected chi connectivity index (χ1v) is 6.08. The summed E-state index contributed by atoms with van der Waals surface area (Å²) in [6, 6.07) is 0.974. The van der Waals surface area contributed by atoms with Gasteiger partial charge in [0.25, 0.3) is 0 Å². The molecular formula is C13H14F5N. The lowest BCUT2D eigenvalue weighted by Crippen LogP contribution is -2.31. The zero-order valence-corrected chi connectivity index (χ0v) is 10.1. The van der Waals surface area contributed by atoms with Crippen LogP contribution in [0.25, 0.3) is 0 Å². The fraction of sp³-hybridized carbons (Fsp3) is 0.538. The number of alkyl halides is 2. The van der Waals surface area contributed by atoms with Gasteiger partial charge in [-0.2, -0.15) is 0 Å². The average molecular weight is 279 g/mol. The molecule has 106 valence electrons. The Hall–Kier alpha value is -1.17. The Bertz CT molecular complexity index is 464. The summed E-state index contributed by atoms with van der Waals surface area (Å²) >= 11 is 0. The number of hydrogen-bond acceptors (Lipinski definition) is 1. The number of nitrogens with two attached hydrogens (primary N) is 1. The van der Waals surface area contributed by atoms with Crippen LogP contribution in [-0.4, -0.2) is 5.92 Å². The maximum absolute atomic E-state index is 13.6. The highest BCUT2D eigenvalue weighted by atomic mass is 19.3. The minimum absolute atomic E-state index is 0.145. The molecule has 1 nitrogen and oxygen atoms in total. The van der Waals surface area contributed by atoms with Crippen LogP contribution in [0.3, 0.4) is 0 Å². The summed E-state index contributed by atoms with van der Waals surface area (Å²) in [5.74, 6) is -7.25. The van der Waals surface area contributed by atoms with Gasteiger partial charge in [0.1, 0.15) is 0 Å². The molecule has 0 heterocycles. The minimum Gasteiger partial charge on any atom is -0.324 e. The Kier molecular flexibility index (Phi) is 3.80. The molecule has 1 fully saturated rings. The third-order valence-corrected chi connectivity index (χ3v) is 3.69. The molecule has 1 aliphatic rings. The lowest BCUT2D eigenvalue weighted by molar-refractivity contribution is -0.0484. The van der Waals surface area contributed by atoms with E-state index in [1.54, 1.807) is 0 Å². The largest absolute Gasteiger partial charge is 0.324 e. The summed E-state index contributed by atoms with van der Waals surface area (Å²) in [6.45, 7) is 0. The summed E-state index contributed by atoms with van der Waals surface area (Å²) in [6.07, 6.45) is -0.327. The normalized spacial score (nSPS) is 21.4. The van der Waals surface area contributed by atoms with Gasteiger partial charge >= 0.3 is 0 Å². The zero-order valence-electron chi connectivity index (χ0n) is 10.1. The molecule has 0 aromatic heterocycles. The van der Waals surface area contributed by atoms with Gasteiger partial charge in [0.05, 0.1) is 0 Å². The van der Waals surface area contributed by atoms with Crippen LogP contribution in [-0.2, 0) is 0 Å². The molecule has 0 spiro atoms. The molecule has 0 saturated heterocycles. The van der Waals surface area contributed by atoms with Gasteiger partial charge in [0.15, 0.2) is 17.5 Å². The predicted octanol–water partition coefficient (Wildman–Crippen LogP) is 3.93. The van der Waals surface area contributed by atoms with E-state index in [0.29, 0.717) is 0 Å². The highest BCUT2D eigenvalue weighted by Crippen LogP contribution is 2.41. The molecule has 2 rings (SSSR count). The number of rotatable bonds is 2. The van der Waals surface area contributed by atoms with Gasteiger partial charge in [0, 0.05) is 24.4 Å². The van der Waals surface area contributed by atoms with Gasteiger partial charge in [-0.15, -0.1) is 0 Å². The van der Waals surface area contributed by atoms with Crippen molar-refractivity contribution in [2.24, 2.45) is 11.7 Å². The molecule has 0 amide bonds. The second-order valence-corrected chi connectivity index (χ2v) is 4.98. The van der Waals surface area contributed by atoms with E-state index >= 15 is 0 Å². The predicted molar refractivity (Wildman–Crippen MR) is 60.1 cm³/mol. The average Bonchev–Trinajstić information content (AvgIpc) is 2.35. The standard InChI is InChI=1S/C13H14F5N/c14-9-2-1-8(10(15)11(9)16)12(19)7-3-5-13(17,18)6-4-7/h1-2,7,12H,3-6,19H2. The highest BCUT2D eigenvalue weighted by Gasteiger charge is 2.37. The van der Waals surface area contributed by atoms with E-state index < -0.39 is 29.4 Å². The van der Waals surface area contributed by atoms with E-state index in [2.05, 4.69) is 0 Å². The Morgan fingerprint density at radius 2 is 1.63 bits per heavy atom. The van der Waals surface area contributed by atoms with Gasteiger partial charge in [-0.1, -0.05) is 6.07 Å². The van der Waals surface area contributed by atoms with Crippen LogP contribution in [0.4, 0.5) is 22.0 Å². The number of hydrogen-bond donors (Lipinski definition) is 1. The van der Waals surface area contributed by atoms with Crippen LogP contribution < -0.4 is 5.73 Å². The van der Waals surface area contributed by atoms with Crippen LogP contribution in [0.5, 0.6) is 0 Å². The lowest BCUT2D eigenvalue weighted by atomic mass is 9.80. The van der Waals surface area contributed by atoms with Crippen molar-refractivity contribution >= 4 is 0 Å². The van der Waals surface area contributed by atoms with E-state index in [1.165, 1.54) is 0 Å². The van der Waals surface area contributed by atoms with Crippen molar-refractivity contribution in [3.63, 3.8) is 0 Å².